The molecule has 18 heavy (non-hydrogen) atoms. The van der Waals surface area contributed by atoms with Crippen LogP contribution < -0.4 is 10.5 Å². The summed E-state index contributed by atoms with van der Waals surface area (Å²) in [5, 5.41) is 9.61. The Hall–Kier alpha value is -1.34. The van der Waals surface area contributed by atoms with Gasteiger partial charge in [0.2, 0.25) is 0 Å². The van der Waals surface area contributed by atoms with Crippen LogP contribution in [0.1, 0.15) is 18.1 Å². The molecule has 0 aliphatic rings. The van der Waals surface area contributed by atoms with Crippen molar-refractivity contribution in [3.05, 3.63) is 29.6 Å². The lowest BCUT2D eigenvalue weighted by molar-refractivity contribution is -0.153. The molecule has 0 unspecified atom stereocenters. The van der Waals surface area contributed by atoms with Gasteiger partial charge < -0.3 is 15.6 Å². The minimum atomic E-state index is -4.58. The summed E-state index contributed by atoms with van der Waals surface area (Å²) in [6, 6.07) is 1.20. The van der Waals surface area contributed by atoms with E-state index in [1.165, 1.54) is 13.2 Å². The van der Waals surface area contributed by atoms with E-state index in [1.54, 1.807) is 0 Å². The summed E-state index contributed by atoms with van der Waals surface area (Å²) in [6.45, 7) is 0. The van der Waals surface area contributed by atoms with Gasteiger partial charge in [-0.2, -0.15) is 13.2 Å². The molecule has 0 saturated carbocycles. The predicted octanol–water partition coefficient (Wildman–Crippen LogP) is 2.15. The first-order valence-corrected chi connectivity index (χ1v) is 5.09. The summed E-state index contributed by atoms with van der Waals surface area (Å²) in [5.41, 5.74) is 5.02. The lowest BCUT2D eigenvalue weighted by atomic mass is 10.0. The van der Waals surface area contributed by atoms with Crippen LogP contribution in [0.2, 0.25) is 0 Å². The number of halogens is 4. The summed E-state index contributed by atoms with van der Waals surface area (Å²) in [5.74, 6) is -0.805. The molecule has 0 radical (unpaired) electrons. The molecule has 0 saturated heterocycles. The second-order valence-corrected chi connectivity index (χ2v) is 3.79. The molecule has 3 N–H and O–H groups in total. The lowest BCUT2D eigenvalue weighted by Crippen LogP contribution is -2.38. The highest BCUT2D eigenvalue weighted by Crippen LogP contribution is 2.29. The van der Waals surface area contributed by atoms with E-state index >= 15 is 0 Å². The van der Waals surface area contributed by atoms with E-state index in [-0.39, 0.29) is 11.3 Å². The van der Waals surface area contributed by atoms with Crippen molar-refractivity contribution in [2.75, 3.05) is 7.11 Å². The number of ether oxygens (including phenoxy) is 1. The molecular weight excluding hydrogens is 254 g/mol. The van der Waals surface area contributed by atoms with E-state index in [0.29, 0.717) is 0 Å². The number of nitrogens with two attached hydrogens (primary N) is 1. The Bertz CT molecular complexity index is 409. The van der Waals surface area contributed by atoms with E-state index in [9.17, 15) is 22.7 Å². The summed E-state index contributed by atoms with van der Waals surface area (Å²) in [4.78, 5) is 0. The van der Waals surface area contributed by atoms with Gasteiger partial charge in [0.05, 0.1) is 13.2 Å². The third-order valence-corrected chi connectivity index (χ3v) is 2.46. The SMILES string of the molecule is COc1cc([C@@H](O)C[C@@H](N)C(F)(F)F)ccc1F. The Balaban J connectivity index is 2.81. The number of hydrogen-bond donors (Lipinski definition) is 2. The van der Waals surface area contributed by atoms with Gasteiger partial charge in [-0.15, -0.1) is 0 Å². The largest absolute Gasteiger partial charge is 0.494 e. The van der Waals surface area contributed by atoms with Gasteiger partial charge in [0.1, 0.15) is 6.04 Å². The molecule has 0 fully saturated rings. The average molecular weight is 267 g/mol. The van der Waals surface area contributed by atoms with Crippen LogP contribution in [0.15, 0.2) is 18.2 Å². The Kier molecular flexibility index (Phi) is 4.53. The topological polar surface area (TPSA) is 55.5 Å². The van der Waals surface area contributed by atoms with Gasteiger partial charge in [-0.3, -0.25) is 0 Å². The maximum atomic E-state index is 13.1. The molecule has 0 bridgehead atoms. The van der Waals surface area contributed by atoms with E-state index in [4.69, 9.17) is 5.73 Å². The molecule has 0 aromatic heterocycles. The first-order valence-electron chi connectivity index (χ1n) is 5.09. The minimum Gasteiger partial charge on any atom is -0.494 e. The third kappa shape index (κ3) is 3.58. The first-order chi connectivity index (χ1) is 8.25. The van der Waals surface area contributed by atoms with Crippen molar-refractivity contribution in [3.8, 4) is 5.75 Å². The normalized spacial score (nSPS) is 15.3. The fraction of sp³-hybridized carbons (Fsp3) is 0.455. The maximum Gasteiger partial charge on any atom is 0.403 e. The van der Waals surface area contributed by atoms with Gasteiger partial charge in [-0.05, 0) is 17.7 Å². The molecule has 2 atom stereocenters. The van der Waals surface area contributed by atoms with Crippen LogP contribution in [-0.4, -0.2) is 24.4 Å². The fourth-order valence-electron chi connectivity index (χ4n) is 1.39. The van der Waals surface area contributed by atoms with Crippen LogP contribution in [0, 0.1) is 5.82 Å². The Morgan fingerprint density at radius 1 is 1.39 bits per heavy atom. The highest BCUT2D eigenvalue weighted by Gasteiger charge is 2.38. The van der Waals surface area contributed by atoms with Crippen molar-refractivity contribution in [1.82, 2.24) is 0 Å². The number of hydrogen-bond acceptors (Lipinski definition) is 3. The number of aliphatic hydroxyl groups is 1. The monoisotopic (exact) mass is 267 g/mol. The van der Waals surface area contributed by atoms with Crippen molar-refractivity contribution >= 4 is 0 Å². The van der Waals surface area contributed by atoms with Gasteiger partial charge in [-0.1, -0.05) is 6.07 Å². The Labute approximate surface area is 101 Å². The van der Waals surface area contributed by atoms with Crippen molar-refractivity contribution in [1.29, 1.82) is 0 Å². The van der Waals surface area contributed by atoms with Gasteiger partial charge in [0, 0.05) is 6.42 Å². The zero-order valence-electron chi connectivity index (χ0n) is 9.54. The highest BCUT2D eigenvalue weighted by atomic mass is 19.4. The summed E-state index contributed by atoms with van der Waals surface area (Å²) in [6.07, 6.45) is -6.71. The quantitative estimate of drug-likeness (QED) is 0.822. The molecule has 3 nitrogen and oxygen atoms in total. The van der Waals surface area contributed by atoms with E-state index in [1.807, 2.05) is 0 Å². The smallest absolute Gasteiger partial charge is 0.403 e. The molecule has 1 rings (SSSR count). The third-order valence-electron chi connectivity index (χ3n) is 2.46. The molecule has 0 aliphatic carbocycles. The number of rotatable bonds is 4. The molecule has 7 heteroatoms. The van der Waals surface area contributed by atoms with E-state index in [2.05, 4.69) is 4.74 Å². The van der Waals surface area contributed by atoms with Gasteiger partial charge >= 0.3 is 6.18 Å². The summed E-state index contributed by atoms with van der Waals surface area (Å²) in [7, 11) is 1.22. The molecule has 0 amide bonds. The van der Waals surface area contributed by atoms with Crippen molar-refractivity contribution < 1.29 is 27.4 Å². The molecular formula is C11H13F4NO2. The average Bonchev–Trinajstić information content (AvgIpc) is 2.28. The van der Waals surface area contributed by atoms with Gasteiger partial charge in [0.15, 0.2) is 11.6 Å². The van der Waals surface area contributed by atoms with Gasteiger partial charge in [0.25, 0.3) is 0 Å². The fourth-order valence-corrected chi connectivity index (χ4v) is 1.39. The van der Waals surface area contributed by atoms with Crippen molar-refractivity contribution in [2.45, 2.75) is 24.7 Å². The molecule has 0 aliphatic heterocycles. The van der Waals surface area contributed by atoms with E-state index in [0.717, 1.165) is 12.1 Å². The van der Waals surface area contributed by atoms with E-state index < -0.39 is 30.6 Å². The van der Waals surface area contributed by atoms with Crippen LogP contribution in [0.3, 0.4) is 0 Å². The number of methoxy groups -OCH3 is 1. The molecule has 0 spiro atoms. The standard InChI is InChI=1S/C11H13F4NO2/c1-18-9-4-6(2-3-7(9)12)8(17)5-10(16)11(13,14)15/h2-4,8,10,17H,5,16H2,1H3/t8-,10+/m0/s1. The zero-order chi connectivity index (χ0) is 13.9. The van der Waals surface area contributed by atoms with Crippen LogP contribution >= 0.6 is 0 Å². The number of aliphatic hydroxyl groups excluding tert-OH is 1. The second kappa shape index (κ2) is 5.53. The first kappa shape index (κ1) is 14.7. The van der Waals surface area contributed by atoms with Crippen molar-refractivity contribution in [3.63, 3.8) is 0 Å². The highest BCUT2D eigenvalue weighted by molar-refractivity contribution is 5.31. The molecule has 1 aromatic rings. The zero-order valence-corrected chi connectivity index (χ0v) is 9.54. The van der Waals surface area contributed by atoms with Crippen molar-refractivity contribution in [2.24, 2.45) is 5.73 Å². The Morgan fingerprint density at radius 2 is 2.00 bits per heavy atom. The van der Waals surface area contributed by atoms with Crippen LogP contribution in [0.4, 0.5) is 17.6 Å². The minimum absolute atomic E-state index is 0.118. The number of alkyl halides is 3. The Morgan fingerprint density at radius 3 is 2.50 bits per heavy atom. The summed E-state index contributed by atoms with van der Waals surface area (Å²) >= 11 is 0. The van der Waals surface area contributed by atoms with Crippen LogP contribution in [0.25, 0.3) is 0 Å². The maximum absolute atomic E-state index is 13.1. The molecule has 102 valence electrons. The predicted molar refractivity (Wildman–Crippen MR) is 56.6 cm³/mol. The van der Waals surface area contributed by atoms with Crippen LogP contribution in [-0.2, 0) is 0 Å². The van der Waals surface area contributed by atoms with Gasteiger partial charge in [-0.25, -0.2) is 4.39 Å². The second-order valence-electron chi connectivity index (χ2n) is 3.79. The lowest BCUT2D eigenvalue weighted by Gasteiger charge is -2.19. The summed E-state index contributed by atoms with van der Waals surface area (Å²) < 4.78 is 54.4. The number of benzene rings is 1. The van der Waals surface area contributed by atoms with Crippen LogP contribution in [0.5, 0.6) is 5.75 Å². The molecule has 1 aromatic carbocycles. The molecule has 0 heterocycles.